The Morgan fingerprint density at radius 3 is 2.93 bits per heavy atom. The Hall–Kier alpha value is -1.73. The zero-order valence-electron chi connectivity index (χ0n) is 8.08. The summed E-state index contributed by atoms with van der Waals surface area (Å²) in [6.45, 7) is 0. The number of nitrogens with zero attached hydrogens (tertiary/aromatic N) is 1. The van der Waals surface area contributed by atoms with Crippen molar-refractivity contribution in [3.63, 3.8) is 0 Å². The Kier molecular flexibility index (Phi) is 3.95. The molecule has 0 aliphatic rings. The molecule has 5 heteroatoms. The molecule has 1 aromatic carbocycles. The van der Waals surface area contributed by atoms with Crippen LogP contribution in [0.1, 0.15) is 5.56 Å². The molecule has 0 heterocycles. The Morgan fingerprint density at radius 2 is 2.40 bits per heavy atom. The van der Waals surface area contributed by atoms with Gasteiger partial charge in [-0.05, 0) is 12.1 Å². The van der Waals surface area contributed by atoms with Gasteiger partial charge in [-0.1, -0.05) is 6.07 Å². The van der Waals surface area contributed by atoms with Gasteiger partial charge < -0.3 is 10.1 Å². The molecular weight excluding hydrogens is 216 g/mol. The van der Waals surface area contributed by atoms with E-state index in [0.717, 1.165) is 0 Å². The highest BCUT2D eigenvalue weighted by Gasteiger charge is 2.11. The molecule has 0 radical (unpaired) electrons. The Labute approximate surface area is 92.4 Å². The molecule has 0 saturated carbocycles. The summed E-state index contributed by atoms with van der Waals surface area (Å²) in [5, 5.41) is 11.3. The molecule has 15 heavy (non-hydrogen) atoms. The molecular formula is C10H9ClN2O2. The quantitative estimate of drug-likeness (QED) is 0.796. The second-order valence-corrected chi connectivity index (χ2v) is 2.94. The van der Waals surface area contributed by atoms with Crippen molar-refractivity contribution in [2.24, 2.45) is 0 Å². The summed E-state index contributed by atoms with van der Waals surface area (Å²) in [6, 6.07) is 6.88. The predicted molar refractivity (Wildman–Crippen MR) is 57.1 cm³/mol. The number of rotatable bonds is 3. The number of para-hydroxylation sites is 1. The van der Waals surface area contributed by atoms with E-state index in [-0.39, 0.29) is 11.8 Å². The first-order valence-electron chi connectivity index (χ1n) is 4.15. The highest BCUT2D eigenvalue weighted by atomic mass is 35.5. The van der Waals surface area contributed by atoms with Crippen LogP contribution >= 0.6 is 11.6 Å². The fourth-order valence-corrected chi connectivity index (χ4v) is 1.16. The van der Waals surface area contributed by atoms with Crippen LogP contribution < -0.4 is 10.1 Å². The van der Waals surface area contributed by atoms with Crippen LogP contribution in [0.4, 0.5) is 5.69 Å². The lowest BCUT2D eigenvalue weighted by Crippen LogP contribution is -2.14. The van der Waals surface area contributed by atoms with E-state index in [2.05, 4.69) is 5.32 Å². The fourth-order valence-electron chi connectivity index (χ4n) is 1.10. The Morgan fingerprint density at radius 1 is 1.67 bits per heavy atom. The molecule has 0 spiro atoms. The number of alkyl halides is 1. The molecule has 1 aromatic rings. The zero-order chi connectivity index (χ0) is 11.3. The SMILES string of the molecule is COc1cccc(C#N)c1NC(=O)CCl. The number of carbonyl (C=O) groups is 1. The van der Waals surface area contributed by atoms with Crippen LogP contribution in [0.2, 0.25) is 0 Å². The Balaban J connectivity index is 3.12. The van der Waals surface area contributed by atoms with Crippen LogP contribution in [-0.4, -0.2) is 18.9 Å². The van der Waals surface area contributed by atoms with Crippen molar-refractivity contribution < 1.29 is 9.53 Å². The average molecular weight is 225 g/mol. The summed E-state index contributed by atoms with van der Waals surface area (Å²) < 4.78 is 5.02. The first kappa shape index (κ1) is 11.3. The molecule has 0 unspecified atom stereocenters. The van der Waals surface area contributed by atoms with Crippen molar-refractivity contribution in [3.05, 3.63) is 23.8 Å². The molecule has 1 rings (SSSR count). The van der Waals surface area contributed by atoms with E-state index >= 15 is 0 Å². The summed E-state index contributed by atoms with van der Waals surface area (Å²) in [5.74, 6) is -0.103. The van der Waals surface area contributed by atoms with E-state index < -0.39 is 0 Å². The van der Waals surface area contributed by atoms with E-state index in [4.69, 9.17) is 21.6 Å². The number of amides is 1. The van der Waals surface area contributed by atoms with Crippen LogP contribution in [0, 0.1) is 11.3 Å². The lowest BCUT2D eigenvalue weighted by atomic mass is 10.2. The molecule has 0 aliphatic carbocycles. The van der Waals surface area contributed by atoms with E-state index in [1.807, 2.05) is 6.07 Å². The van der Waals surface area contributed by atoms with Gasteiger partial charge in [0, 0.05) is 0 Å². The van der Waals surface area contributed by atoms with E-state index in [9.17, 15) is 4.79 Å². The van der Waals surface area contributed by atoms with Crippen molar-refractivity contribution in [1.29, 1.82) is 5.26 Å². The monoisotopic (exact) mass is 224 g/mol. The Bertz CT molecular complexity index is 412. The van der Waals surface area contributed by atoms with Crippen molar-refractivity contribution in [1.82, 2.24) is 0 Å². The number of methoxy groups -OCH3 is 1. The third-order valence-corrected chi connectivity index (χ3v) is 2.00. The molecule has 4 nitrogen and oxygen atoms in total. The van der Waals surface area contributed by atoms with Gasteiger partial charge in [0.1, 0.15) is 23.4 Å². The average Bonchev–Trinajstić information content (AvgIpc) is 2.29. The number of carbonyl (C=O) groups excluding carboxylic acids is 1. The van der Waals surface area contributed by atoms with Gasteiger partial charge in [0.05, 0.1) is 12.7 Å². The summed E-state index contributed by atoms with van der Waals surface area (Å²) in [7, 11) is 1.47. The van der Waals surface area contributed by atoms with Crippen LogP contribution in [-0.2, 0) is 4.79 Å². The second-order valence-electron chi connectivity index (χ2n) is 2.68. The maximum atomic E-state index is 11.1. The summed E-state index contributed by atoms with van der Waals surface area (Å²) in [6.07, 6.45) is 0. The molecule has 0 saturated heterocycles. The molecule has 0 bridgehead atoms. The minimum Gasteiger partial charge on any atom is -0.495 e. The minimum absolute atomic E-state index is 0.164. The van der Waals surface area contributed by atoms with Crippen LogP contribution in [0.25, 0.3) is 0 Å². The van der Waals surface area contributed by atoms with E-state index in [0.29, 0.717) is 17.0 Å². The predicted octanol–water partition coefficient (Wildman–Crippen LogP) is 1.74. The first-order chi connectivity index (χ1) is 7.22. The van der Waals surface area contributed by atoms with Gasteiger partial charge in [-0.2, -0.15) is 5.26 Å². The lowest BCUT2D eigenvalue weighted by Gasteiger charge is -2.10. The van der Waals surface area contributed by atoms with E-state index in [1.54, 1.807) is 18.2 Å². The van der Waals surface area contributed by atoms with Gasteiger partial charge in [0.2, 0.25) is 5.91 Å². The number of hydrogen-bond donors (Lipinski definition) is 1. The van der Waals surface area contributed by atoms with Gasteiger partial charge >= 0.3 is 0 Å². The number of anilines is 1. The first-order valence-corrected chi connectivity index (χ1v) is 4.69. The summed E-state index contributed by atoms with van der Waals surface area (Å²) >= 11 is 5.36. The van der Waals surface area contributed by atoms with E-state index in [1.165, 1.54) is 7.11 Å². The van der Waals surface area contributed by atoms with Crippen LogP contribution in [0.15, 0.2) is 18.2 Å². The van der Waals surface area contributed by atoms with Crippen molar-refractivity contribution >= 4 is 23.2 Å². The molecule has 1 amide bonds. The number of halogens is 1. The number of benzene rings is 1. The highest BCUT2D eigenvalue weighted by Crippen LogP contribution is 2.27. The molecule has 0 atom stereocenters. The van der Waals surface area contributed by atoms with Gasteiger partial charge in [0.15, 0.2) is 0 Å². The number of hydrogen-bond acceptors (Lipinski definition) is 3. The van der Waals surface area contributed by atoms with Gasteiger partial charge in [0.25, 0.3) is 0 Å². The van der Waals surface area contributed by atoms with Crippen LogP contribution in [0.3, 0.4) is 0 Å². The maximum Gasteiger partial charge on any atom is 0.239 e. The topological polar surface area (TPSA) is 62.1 Å². The van der Waals surface area contributed by atoms with Crippen molar-refractivity contribution in [2.75, 3.05) is 18.3 Å². The number of nitrogens with one attached hydrogen (secondary N) is 1. The van der Waals surface area contributed by atoms with Gasteiger partial charge in [-0.25, -0.2) is 0 Å². The van der Waals surface area contributed by atoms with Crippen LogP contribution in [0.5, 0.6) is 5.75 Å². The number of nitriles is 1. The molecule has 1 N–H and O–H groups in total. The lowest BCUT2D eigenvalue weighted by molar-refractivity contribution is -0.113. The summed E-state index contributed by atoms with van der Waals surface area (Å²) in [4.78, 5) is 11.1. The maximum absolute atomic E-state index is 11.1. The summed E-state index contributed by atoms with van der Waals surface area (Å²) in [5.41, 5.74) is 0.695. The molecule has 78 valence electrons. The number of ether oxygens (including phenoxy) is 1. The third-order valence-electron chi connectivity index (χ3n) is 1.75. The normalized spacial score (nSPS) is 9.13. The van der Waals surface area contributed by atoms with Crippen molar-refractivity contribution in [2.45, 2.75) is 0 Å². The second kappa shape index (κ2) is 5.23. The highest BCUT2D eigenvalue weighted by molar-refractivity contribution is 6.29. The third kappa shape index (κ3) is 2.61. The molecule has 0 aromatic heterocycles. The molecule has 0 aliphatic heterocycles. The fraction of sp³-hybridized carbons (Fsp3) is 0.200. The van der Waals surface area contributed by atoms with Gasteiger partial charge in [-0.15, -0.1) is 11.6 Å². The van der Waals surface area contributed by atoms with Crippen molar-refractivity contribution in [3.8, 4) is 11.8 Å². The standard InChI is InChI=1S/C10H9ClN2O2/c1-15-8-4-2-3-7(6-12)10(8)13-9(14)5-11/h2-4H,5H2,1H3,(H,13,14). The minimum atomic E-state index is -0.377. The largest absolute Gasteiger partial charge is 0.495 e. The zero-order valence-corrected chi connectivity index (χ0v) is 8.84. The smallest absolute Gasteiger partial charge is 0.239 e. The van der Waals surface area contributed by atoms with Gasteiger partial charge in [-0.3, -0.25) is 4.79 Å². The molecule has 0 fully saturated rings.